The first kappa shape index (κ1) is 27.4. The van der Waals surface area contributed by atoms with E-state index in [0.717, 1.165) is 25.9 Å². The van der Waals surface area contributed by atoms with E-state index >= 15 is 0 Å². The lowest BCUT2D eigenvalue weighted by molar-refractivity contribution is -0.124. The zero-order valence-electron chi connectivity index (χ0n) is 17.0. The summed E-state index contributed by atoms with van der Waals surface area (Å²) in [6.45, 7) is 9.56. The Labute approximate surface area is 170 Å². The molecule has 0 fully saturated rings. The summed E-state index contributed by atoms with van der Waals surface area (Å²) in [5.41, 5.74) is 4.34. The zero-order chi connectivity index (χ0) is 20.4. The van der Waals surface area contributed by atoms with E-state index in [1.165, 1.54) is 44.9 Å². The Morgan fingerprint density at radius 3 is 1.81 bits per heavy atom. The smallest absolute Gasteiger partial charge is 0.273 e. The molecule has 0 radical (unpaired) electrons. The van der Waals surface area contributed by atoms with Gasteiger partial charge in [0, 0.05) is 13.1 Å². The largest absolute Gasteiger partial charge is 0.460 e. The maximum absolute atomic E-state index is 11.7. The van der Waals surface area contributed by atoms with Crippen molar-refractivity contribution in [1.82, 2.24) is 4.90 Å². The molecule has 26 heavy (non-hydrogen) atoms. The number of unbranched alkanes of at least 4 members (excludes halogenated alkanes) is 7. The van der Waals surface area contributed by atoms with E-state index < -0.39 is 5.24 Å². The molecule has 1 unspecified atom stereocenters. The molecule has 0 aliphatic carbocycles. The molecule has 0 aromatic carbocycles. The van der Waals surface area contributed by atoms with Gasteiger partial charge in [-0.15, -0.1) is 0 Å². The second kappa shape index (κ2) is 19.0. The van der Waals surface area contributed by atoms with Crippen molar-refractivity contribution >= 4 is 41.0 Å². The Kier molecular flexibility index (Phi) is 20.0. The van der Waals surface area contributed by atoms with Gasteiger partial charge < -0.3 is 15.4 Å². The molecule has 1 atom stereocenters. The van der Waals surface area contributed by atoms with Crippen molar-refractivity contribution in [2.45, 2.75) is 91.6 Å². The second-order valence-electron chi connectivity index (χ2n) is 6.26. The lowest BCUT2D eigenvalue weighted by atomic mass is 10.0. The first-order valence-electron chi connectivity index (χ1n) is 9.74. The monoisotopic (exact) mass is 406 g/mol. The van der Waals surface area contributed by atoms with Crippen LogP contribution < -0.4 is 5.73 Å². The van der Waals surface area contributed by atoms with Gasteiger partial charge in [-0.25, -0.2) is 0 Å². The lowest BCUT2D eigenvalue weighted by Gasteiger charge is -2.25. The molecular formula is C19H38N2O3S2. The number of nitrogens with zero attached hydrogens (tertiary/aromatic N) is 1. The summed E-state index contributed by atoms with van der Waals surface area (Å²) < 4.78 is 5.72. The Morgan fingerprint density at radius 2 is 1.42 bits per heavy atom. The number of nitrogens with two attached hydrogens (primary N) is 1. The van der Waals surface area contributed by atoms with E-state index in [1.54, 1.807) is 6.92 Å². The first-order valence-corrected chi connectivity index (χ1v) is 10.6. The summed E-state index contributed by atoms with van der Waals surface area (Å²) >= 11 is 8.39. The number of amides is 1. The van der Waals surface area contributed by atoms with Gasteiger partial charge in [0.2, 0.25) is 0 Å². The second-order valence-corrected chi connectivity index (χ2v) is 7.05. The molecule has 0 aromatic heterocycles. The van der Waals surface area contributed by atoms with Gasteiger partial charge in [-0.1, -0.05) is 64.5 Å². The van der Waals surface area contributed by atoms with Crippen LogP contribution in [0.25, 0.3) is 0 Å². The molecule has 0 bridgehead atoms. The van der Waals surface area contributed by atoms with Gasteiger partial charge in [0.15, 0.2) is 11.9 Å². The predicted molar refractivity (Wildman–Crippen MR) is 117 cm³/mol. The molecule has 0 spiro atoms. The molecular weight excluding hydrogens is 368 g/mol. The van der Waals surface area contributed by atoms with Crippen LogP contribution in [-0.2, 0) is 9.53 Å². The quantitative estimate of drug-likeness (QED) is 0.252. The van der Waals surface area contributed by atoms with Crippen LogP contribution in [0.1, 0.15) is 85.5 Å². The van der Waals surface area contributed by atoms with Crippen LogP contribution in [0.15, 0.2) is 0 Å². The van der Waals surface area contributed by atoms with Crippen LogP contribution in [0.3, 0.4) is 0 Å². The molecule has 1 amide bonds. The molecule has 154 valence electrons. The molecule has 7 heteroatoms. The topological polar surface area (TPSA) is 72.6 Å². The van der Waals surface area contributed by atoms with Gasteiger partial charge in [0.05, 0.1) is 0 Å². The number of ether oxygens (including phenoxy) is 1. The van der Waals surface area contributed by atoms with Crippen molar-refractivity contribution < 1.29 is 14.3 Å². The third-order valence-corrected chi connectivity index (χ3v) is 4.39. The number of carbonyl (C=O) groups excluding carboxylic acids is 2. The van der Waals surface area contributed by atoms with Gasteiger partial charge in [-0.05, 0) is 45.8 Å². The van der Waals surface area contributed by atoms with Crippen LogP contribution >= 0.6 is 24.8 Å². The summed E-state index contributed by atoms with van der Waals surface area (Å²) in [6, 6.07) is 0. The molecule has 2 N–H and O–H groups in total. The minimum absolute atomic E-state index is 0.0810. The Balaban J connectivity index is 0. The number of hydrogen-bond acceptors (Lipinski definition) is 4. The van der Waals surface area contributed by atoms with E-state index in [-0.39, 0.29) is 11.9 Å². The fraction of sp³-hybridized carbons (Fsp3) is 0.842. The standard InChI is InChI=1S/C18H35NO2S.CH3NOS/c1-5-8-9-10-11-12-13-14-15-17(16(4)20)21-18(22)19(6-2)7-3;2-1(3)4/h17H,5-15H2,1-4H3;(H3,2,3,4). The number of rotatable bonds is 13. The molecule has 5 nitrogen and oxygen atoms in total. The molecule has 0 aromatic rings. The summed E-state index contributed by atoms with van der Waals surface area (Å²) in [4.78, 5) is 22.8. The maximum Gasteiger partial charge on any atom is 0.273 e. The fourth-order valence-electron chi connectivity index (χ4n) is 2.49. The third-order valence-electron chi connectivity index (χ3n) is 4.04. The molecule has 0 saturated carbocycles. The predicted octanol–water partition coefficient (Wildman–Crippen LogP) is 5.11. The van der Waals surface area contributed by atoms with Crippen molar-refractivity contribution in [3.63, 3.8) is 0 Å². The van der Waals surface area contributed by atoms with E-state index in [1.807, 2.05) is 18.7 Å². The summed E-state index contributed by atoms with van der Waals surface area (Å²) in [5.74, 6) is 0.0810. The van der Waals surface area contributed by atoms with E-state index in [0.29, 0.717) is 5.17 Å². The highest BCUT2D eigenvalue weighted by Gasteiger charge is 2.19. The van der Waals surface area contributed by atoms with Gasteiger partial charge in [-0.3, -0.25) is 9.59 Å². The number of Topliss-reactive ketones (excluding diaryl/α,β-unsaturated/α-hetero) is 1. The van der Waals surface area contributed by atoms with Crippen LogP contribution in [-0.4, -0.2) is 40.3 Å². The Bertz CT molecular complexity index is 385. The van der Waals surface area contributed by atoms with Crippen LogP contribution in [0.2, 0.25) is 0 Å². The van der Waals surface area contributed by atoms with Crippen molar-refractivity contribution in [3.8, 4) is 0 Å². The highest BCUT2D eigenvalue weighted by Crippen LogP contribution is 2.13. The highest BCUT2D eigenvalue weighted by molar-refractivity contribution is 7.96. The maximum atomic E-state index is 11.7. The van der Waals surface area contributed by atoms with Crippen LogP contribution in [0, 0.1) is 0 Å². The molecule has 0 heterocycles. The van der Waals surface area contributed by atoms with Crippen molar-refractivity contribution in [1.29, 1.82) is 0 Å². The number of thiol groups is 1. The summed E-state index contributed by atoms with van der Waals surface area (Å²) in [5, 5.41) is -0.176. The minimum atomic E-state index is -0.639. The number of thiocarbonyl (C=S) groups is 1. The number of hydrogen-bond donors (Lipinski definition) is 2. The minimum Gasteiger partial charge on any atom is -0.460 e. The average Bonchev–Trinajstić information content (AvgIpc) is 2.56. The summed E-state index contributed by atoms with van der Waals surface area (Å²) in [7, 11) is 0. The van der Waals surface area contributed by atoms with Gasteiger partial charge >= 0.3 is 0 Å². The number of ketones is 1. The third kappa shape index (κ3) is 18.0. The van der Waals surface area contributed by atoms with E-state index in [2.05, 4.69) is 25.3 Å². The van der Waals surface area contributed by atoms with Crippen molar-refractivity contribution in [2.75, 3.05) is 13.1 Å². The van der Waals surface area contributed by atoms with E-state index in [4.69, 9.17) is 21.7 Å². The first-order chi connectivity index (χ1) is 12.3. The molecule has 0 aliphatic rings. The Morgan fingerprint density at radius 1 is 1.00 bits per heavy atom. The average molecular weight is 407 g/mol. The molecule has 0 rings (SSSR count). The van der Waals surface area contributed by atoms with E-state index in [9.17, 15) is 4.79 Å². The summed E-state index contributed by atoms with van der Waals surface area (Å²) in [6.07, 6.45) is 10.5. The van der Waals surface area contributed by atoms with Gasteiger partial charge in [0.25, 0.3) is 10.4 Å². The van der Waals surface area contributed by atoms with Crippen molar-refractivity contribution in [3.05, 3.63) is 0 Å². The lowest BCUT2D eigenvalue weighted by Crippen LogP contribution is -2.36. The van der Waals surface area contributed by atoms with Crippen molar-refractivity contribution in [2.24, 2.45) is 5.73 Å². The molecule has 0 saturated heterocycles. The van der Waals surface area contributed by atoms with Gasteiger partial charge in [0.1, 0.15) is 0 Å². The number of primary amides is 1. The molecule has 0 aliphatic heterocycles. The normalized spacial score (nSPS) is 11.1. The van der Waals surface area contributed by atoms with Crippen LogP contribution in [0.4, 0.5) is 4.79 Å². The fourth-order valence-corrected chi connectivity index (χ4v) is 2.86. The SMILES string of the molecule is CCCCCCCCCCC(OC(=S)N(CC)CC)C(C)=O.NC(=O)S. The Hall–Kier alpha value is -0.820. The zero-order valence-corrected chi connectivity index (χ0v) is 18.7. The van der Waals surface area contributed by atoms with Gasteiger partial charge in [-0.2, -0.15) is 0 Å². The number of carbonyl (C=O) groups is 2. The highest BCUT2D eigenvalue weighted by atomic mass is 32.1. The van der Waals surface area contributed by atoms with Crippen LogP contribution in [0.5, 0.6) is 0 Å².